The number of urea groups is 1. The van der Waals surface area contributed by atoms with Crippen molar-refractivity contribution < 1.29 is 4.79 Å². The van der Waals surface area contributed by atoms with E-state index in [9.17, 15) is 4.79 Å². The second-order valence-corrected chi connectivity index (χ2v) is 6.62. The molecule has 0 aliphatic carbocycles. The zero-order valence-electron chi connectivity index (χ0n) is 15.0. The Kier molecular flexibility index (Phi) is 5.53. The van der Waals surface area contributed by atoms with Gasteiger partial charge in [0.05, 0.1) is 6.04 Å². The van der Waals surface area contributed by atoms with Crippen molar-refractivity contribution in [1.82, 2.24) is 15.6 Å². The highest BCUT2D eigenvalue weighted by molar-refractivity contribution is 5.74. The van der Waals surface area contributed by atoms with Gasteiger partial charge in [0.15, 0.2) is 0 Å². The molecule has 25 heavy (non-hydrogen) atoms. The van der Waals surface area contributed by atoms with Gasteiger partial charge in [0.1, 0.15) is 5.82 Å². The number of carbonyl (C=O) groups is 1. The van der Waals surface area contributed by atoms with Crippen LogP contribution in [-0.2, 0) is 6.54 Å². The number of nitrogens with one attached hydrogen (secondary N) is 2. The first-order chi connectivity index (χ1) is 12.1. The van der Waals surface area contributed by atoms with Crippen LogP contribution in [0.2, 0.25) is 0 Å². The number of aromatic nitrogens is 1. The molecule has 0 saturated carbocycles. The number of amides is 2. The third-order valence-electron chi connectivity index (χ3n) is 4.70. The van der Waals surface area contributed by atoms with E-state index in [1.165, 1.54) is 18.4 Å². The summed E-state index contributed by atoms with van der Waals surface area (Å²) in [4.78, 5) is 18.9. The summed E-state index contributed by atoms with van der Waals surface area (Å²) in [6.07, 6.45) is 4.27. The van der Waals surface area contributed by atoms with Crippen LogP contribution in [0.5, 0.6) is 0 Å². The summed E-state index contributed by atoms with van der Waals surface area (Å²) in [7, 11) is 0. The van der Waals surface area contributed by atoms with E-state index in [4.69, 9.17) is 0 Å². The largest absolute Gasteiger partial charge is 0.357 e. The summed E-state index contributed by atoms with van der Waals surface area (Å²) in [5.74, 6) is 1.01. The van der Waals surface area contributed by atoms with E-state index < -0.39 is 0 Å². The van der Waals surface area contributed by atoms with Gasteiger partial charge in [0, 0.05) is 25.8 Å². The number of aryl methyl sites for hydroxylation is 1. The zero-order valence-corrected chi connectivity index (χ0v) is 15.0. The fourth-order valence-corrected chi connectivity index (χ4v) is 3.27. The molecule has 1 aromatic carbocycles. The molecule has 0 radical (unpaired) electrons. The van der Waals surface area contributed by atoms with Gasteiger partial charge in [0.2, 0.25) is 0 Å². The van der Waals surface area contributed by atoms with Gasteiger partial charge in [-0.05, 0) is 55.5 Å². The number of hydrogen-bond donors (Lipinski definition) is 2. The quantitative estimate of drug-likeness (QED) is 0.876. The third-order valence-corrected chi connectivity index (χ3v) is 4.70. The predicted octanol–water partition coefficient (Wildman–Crippen LogP) is 3.55. The summed E-state index contributed by atoms with van der Waals surface area (Å²) in [5.41, 5.74) is 3.38. The van der Waals surface area contributed by atoms with E-state index in [0.717, 1.165) is 30.0 Å². The summed E-state index contributed by atoms with van der Waals surface area (Å²) in [6, 6.07) is 11.9. The molecule has 1 fully saturated rings. The van der Waals surface area contributed by atoms with Crippen LogP contribution in [0.1, 0.15) is 42.5 Å². The highest BCUT2D eigenvalue weighted by atomic mass is 16.2. The van der Waals surface area contributed by atoms with Crippen molar-refractivity contribution >= 4 is 11.8 Å². The summed E-state index contributed by atoms with van der Waals surface area (Å²) in [5, 5.41) is 5.94. The molecule has 2 amide bonds. The van der Waals surface area contributed by atoms with Gasteiger partial charge in [-0.1, -0.05) is 24.3 Å². The molecular formula is C20H26N4O. The number of rotatable bonds is 5. The van der Waals surface area contributed by atoms with Crippen LogP contribution in [0.3, 0.4) is 0 Å². The zero-order chi connectivity index (χ0) is 17.6. The van der Waals surface area contributed by atoms with Crippen molar-refractivity contribution in [2.45, 2.75) is 39.3 Å². The Labute approximate surface area is 149 Å². The van der Waals surface area contributed by atoms with Crippen molar-refractivity contribution in [2.24, 2.45) is 0 Å². The minimum absolute atomic E-state index is 0.0289. The summed E-state index contributed by atoms with van der Waals surface area (Å²) in [6.45, 7) is 6.69. The summed E-state index contributed by atoms with van der Waals surface area (Å²) >= 11 is 0. The van der Waals surface area contributed by atoms with Crippen LogP contribution in [-0.4, -0.2) is 24.1 Å². The Morgan fingerprint density at radius 2 is 2.00 bits per heavy atom. The molecule has 132 valence electrons. The normalized spacial score (nSPS) is 15.0. The van der Waals surface area contributed by atoms with Gasteiger partial charge in [-0.3, -0.25) is 0 Å². The molecule has 3 rings (SSSR count). The molecule has 5 nitrogen and oxygen atoms in total. The minimum atomic E-state index is -0.157. The van der Waals surface area contributed by atoms with Gasteiger partial charge in [-0.25, -0.2) is 9.78 Å². The molecule has 1 aromatic heterocycles. The highest BCUT2D eigenvalue weighted by Gasteiger charge is 2.14. The topological polar surface area (TPSA) is 57.3 Å². The standard InChI is InChI=1S/C20H26N4O/c1-15-7-3-4-8-18(15)16(2)23-20(25)22-14-17-9-10-21-19(13-17)24-11-5-6-12-24/h3-4,7-10,13,16H,5-6,11-12,14H2,1-2H3,(H2,22,23,25)/t16-/m1/s1. The average molecular weight is 338 g/mol. The third kappa shape index (κ3) is 4.50. The van der Waals surface area contributed by atoms with Crippen molar-refractivity contribution in [3.8, 4) is 0 Å². The predicted molar refractivity (Wildman–Crippen MR) is 101 cm³/mol. The molecule has 0 unspecified atom stereocenters. The Balaban J connectivity index is 1.54. The first-order valence-electron chi connectivity index (χ1n) is 8.93. The van der Waals surface area contributed by atoms with E-state index >= 15 is 0 Å². The van der Waals surface area contributed by atoms with Gasteiger partial charge >= 0.3 is 6.03 Å². The van der Waals surface area contributed by atoms with Gasteiger partial charge < -0.3 is 15.5 Å². The minimum Gasteiger partial charge on any atom is -0.357 e. The number of anilines is 1. The molecule has 1 aliphatic heterocycles. The molecule has 5 heteroatoms. The number of nitrogens with zero attached hydrogens (tertiary/aromatic N) is 2. The van der Waals surface area contributed by atoms with E-state index in [1.807, 2.05) is 37.4 Å². The van der Waals surface area contributed by atoms with E-state index in [0.29, 0.717) is 6.54 Å². The lowest BCUT2D eigenvalue weighted by Crippen LogP contribution is -2.36. The van der Waals surface area contributed by atoms with Crippen molar-refractivity contribution in [1.29, 1.82) is 0 Å². The lowest BCUT2D eigenvalue weighted by Gasteiger charge is -2.18. The maximum absolute atomic E-state index is 12.2. The monoisotopic (exact) mass is 338 g/mol. The number of hydrogen-bond acceptors (Lipinski definition) is 3. The molecule has 1 atom stereocenters. The first-order valence-corrected chi connectivity index (χ1v) is 8.93. The van der Waals surface area contributed by atoms with Crippen LogP contribution in [0.25, 0.3) is 0 Å². The lowest BCUT2D eigenvalue weighted by atomic mass is 10.0. The smallest absolute Gasteiger partial charge is 0.315 e. The Morgan fingerprint density at radius 1 is 1.24 bits per heavy atom. The van der Waals surface area contributed by atoms with Crippen LogP contribution in [0, 0.1) is 6.92 Å². The van der Waals surface area contributed by atoms with E-state index in [2.05, 4.69) is 39.6 Å². The van der Waals surface area contributed by atoms with Crippen LogP contribution in [0.4, 0.5) is 10.6 Å². The molecule has 1 saturated heterocycles. The highest BCUT2D eigenvalue weighted by Crippen LogP contribution is 2.19. The Bertz CT molecular complexity index is 725. The van der Waals surface area contributed by atoms with Gasteiger partial charge in [-0.15, -0.1) is 0 Å². The Hall–Kier alpha value is -2.56. The average Bonchev–Trinajstić information content (AvgIpc) is 3.15. The molecule has 2 aromatic rings. The van der Waals surface area contributed by atoms with Crippen LogP contribution >= 0.6 is 0 Å². The first kappa shape index (κ1) is 17.3. The SMILES string of the molecule is Cc1ccccc1[C@@H](C)NC(=O)NCc1ccnc(N2CCCC2)c1. The number of benzene rings is 1. The molecule has 0 spiro atoms. The van der Waals surface area contributed by atoms with Crippen LogP contribution in [0.15, 0.2) is 42.6 Å². The fourth-order valence-electron chi connectivity index (χ4n) is 3.27. The maximum Gasteiger partial charge on any atom is 0.315 e. The van der Waals surface area contributed by atoms with Crippen LogP contribution < -0.4 is 15.5 Å². The van der Waals surface area contributed by atoms with Crippen molar-refractivity contribution in [3.63, 3.8) is 0 Å². The van der Waals surface area contributed by atoms with E-state index in [1.54, 1.807) is 0 Å². The van der Waals surface area contributed by atoms with Crippen molar-refractivity contribution in [3.05, 3.63) is 59.3 Å². The second-order valence-electron chi connectivity index (χ2n) is 6.62. The fraction of sp³-hybridized carbons (Fsp3) is 0.400. The number of carbonyl (C=O) groups excluding carboxylic acids is 1. The molecule has 2 N–H and O–H groups in total. The molecule has 2 heterocycles. The Morgan fingerprint density at radius 3 is 2.76 bits per heavy atom. The number of pyridine rings is 1. The maximum atomic E-state index is 12.2. The lowest BCUT2D eigenvalue weighted by molar-refractivity contribution is 0.237. The molecule has 0 bridgehead atoms. The second kappa shape index (κ2) is 8.01. The van der Waals surface area contributed by atoms with Crippen molar-refractivity contribution in [2.75, 3.05) is 18.0 Å². The molecule has 1 aliphatic rings. The van der Waals surface area contributed by atoms with Gasteiger partial charge in [-0.2, -0.15) is 0 Å². The summed E-state index contributed by atoms with van der Waals surface area (Å²) < 4.78 is 0. The van der Waals surface area contributed by atoms with Gasteiger partial charge in [0.25, 0.3) is 0 Å². The molecular weight excluding hydrogens is 312 g/mol. The van der Waals surface area contributed by atoms with E-state index in [-0.39, 0.29) is 12.1 Å².